The molecule has 0 atom stereocenters. The zero-order valence-electron chi connectivity index (χ0n) is 11.9. The molecular formula is C16H13N3O2S. The molecule has 5 nitrogen and oxygen atoms in total. The van der Waals surface area contributed by atoms with Crippen LogP contribution >= 0.6 is 12.2 Å². The number of para-hydroxylation sites is 1. The number of thiocarbonyl (C=S) groups is 1. The molecule has 6 heteroatoms. The van der Waals surface area contributed by atoms with Gasteiger partial charge in [0.25, 0.3) is 0 Å². The van der Waals surface area contributed by atoms with Gasteiger partial charge in [0, 0.05) is 6.20 Å². The summed E-state index contributed by atoms with van der Waals surface area (Å²) in [6, 6.07) is 12.6. The number of benzene rings is 1. The van der Waals surface area contributed by atoms with Gasteiger partial charge < -0.3 is 0 Å². The fourth-order valence-electron chi connectivity index (χ4n) is 2.36. The first-order valence-corrected chi connectivity index (χ1v) is 7.17. The second-order valence-corrected chi connectivity index (χ2v) is 5.26. The van der Waals surface area contributed by atoms with Crippen LogP contribution in [0.2, 0.25) is 0 Å². The summed E-state index contributed by atoms with van der Waals surface area (Å²) in [5.41, 5.74) is 1.60. The number of nitrogens with zero attached hydrogens (tertiary/aromatic N) is 3. The number of carbonyl (C=O) groups is 2. The van der Waals surface area contributed by atoms with Crippen LogP contribution in [0.5, 0.6) is 0 Å². The highest BCUT2D eigenvalue weighted by Gasteiger charge is 2.37. The van der Waals surface area contributed by atoms with Gasteiger partial charge in [-0.25, -0.2) is 9.88 Å². The van der Waals surface area contributed by atoms with Crippen molar-refractivity contribution in [1.29, 1.82) is 0 Å². The molecular weight excluding hydrogens is 298 g/mol. The zero-order chi connectivity index (χ0) is 15.7. The number of hydrogen-bond donors (Lipinski definition) is 0. The molecule has 1 fully saturated rings. The lowest BCUT2D eigenvalue weighted by molar-refractivity contribution is -0.126. The monoisotopic (exact) mass is 311 g/mol. The Hall–Kier alpha value is -2.60. The Morgan fingerprint density at radius 2 is 1.68 bits per heavy atom. The van der Waals surface area contributed by atoms with E-state index in [9.17, 15) is 9.59 Å². The van der Waals surface area contributed by atoms with E-state index in [0.29, 0.717) is 11.5 Å². The van der Waals surface area contributed by atoms with Crippen LogP contribution in [0.3, 0.4) is 0 Å². The van der Waals surface area contributed by atoms with Gasteiger partial charge >= 0.3 is 0 Å². The predicted octanol–water partition coefficient (Wildman–Crippen LogP) is 2.44. The first-order chi connectivity index (χ1) is 10.6. The van der Waals surface area contributed by atoms with Crippen LogP contribution in [0.25, 0.3) is 0 Å². The van der Waals surface area contributed by atoms with Crippen molar-refractivity contribution in [2.24, 2.45) is 0 Å². The second-order valence-electron chi connectivity index (χ2n) is 4.89. The molecule has 1 aliphatic rings. The molecule has 1 saturated heterocycles. The SMILES string of the molecule is Cc1ccccc1N1C(=O)CC(=O)N(c2ccccn2)C1=S. The predicted molar refractivity (Wildman–Crippen MR) is 87.6 cm³/mol. The first kappa shape index (κ1) is 14.3. The summed E-state index contributed by atoms with van der Waals surface area (Å²) >= 11 is 5.40. The van der Waals surface area contributed by atoms with E-state index in [1.807, 2.05) is 31.2 Å². The Balaban J connectivity index is 2.05. The van der Waals surface area contributed by atoms with Crippen molar-refractivity contribution in [2.75, 3.05) is 9.80 Å². The minimum atomic E-state index is -0.362. The van der Waals surface area contributed by atoms with Gasteiger partial charge in [0.15, 0.2) is 5.11 Å². The number of pyridine rings is 1. The maximum Gasteiger partial charge on any atom is 0.244 e. The molecule has 2 aromatic rings. The second kappa shape index (κ2) is 5.65. The fraction of sp³-hybridized carbons (Fsp3) is 0.125. The van der Waals surface area contributed by atoms with Crippen LogP contribution in [0, 0.1) is 6.92 Å². The molecule has 22 heavy (non-hydrogen) atoms. The Morgan fingerprint density at radius 3 is 2.36 bits per heavy atom. The van der Waals surface area contributed by atoms with Crippen molar-refractivity contribution in [3.63, 3.8) is 0 Å². The molecule has 2 amide bonds. The summed E-state index contributed by atoms with van der Waals surface area (Å²) in [4.78, 5) is 31.4. The number of aryl methyl sites for hydroxylation is 1. The van der Waals surface area contributed by atoms with Crippen LogP contribution in [0.15, 0.2) is 48.7 Å². The minimum absolute atomic E-state index is 0.134. The molecule has 0 N–H and O–H groups in total. The Labute approximate surface area is 133 Å². The van der Waals surface area contributed by atoms with Gasteiger partial charge in [-0.3, -0.25) is 14.5 Å². The molecule has 0 bridgehead atoms. The summed E-state index contributed by atoms with van der Waals surface area (Å²) < 4.78 is 0. The lowest BCUT2D eigenvalue weighted by atomic mass is 10.1. The van der Waals surface area contributed by atoms with Gasteiger partial charge in [0.2, 0.25) is 11.8 Å². The number of hydrogen-bond acceptors (Lipinski definition) is 4. The van der Waals surface area contributed by atoms with E-state index in [-0.39, 0.29) is 23.3 Å². The first-order valence-electron chi connectivity index (χ1n) is 6.76. The quantitative estimate of drug-likeness (QED) is 0.631. The number of rotatable bonds is 2. The van der Waals surface area contributed by atoms with E-state index in [2.05, 4.69) is 4.98 Å². The van der Waals surface area contributed by atoms with E-state index in [1.54, 1.807) is 24.4 Å². The maximum atomic E-state index is 12.3. The number of carbonyl (C=O) groups excluding carboxylic acids is 2. The third kappa shape index (κ3) is 2.37. The highest BCUT2D eigenvalue weighted by atomic mass is 32.1. The molecule has 0 unspecified atom stereocenters. The summed E-state index contributed by atoms with van der Waals surface area (Å²) in [7, 11) is 0. The van der Waals surface area contributed by atoms with Crippen molar-refractivity contribution in [3.05, 3.63) is 54.2 Å². The van der Waals surface area contributed by atoms with Crippen LogP contribution in [-0.4, -0.2) is 21.9 Å². The third-order valence-corrected chi connectivity index (χ3v) is 3.78. The van der Waals surface area contributed by atoms with Crippen molar-refractivity contribution < 1.29 is 9.59 Å². The van der Waals surface area contributed by atoms with Crippen LogP contribution < -0.4 is 9.80 Å². The van der Waals surface area contributed by atoms with Gasteiger partial charge in [0.05, 0.1) is 5.69 Å². The summed E-state index contributed by atoms with van der Waals surface area (Å²) in [6.07, 6.45) is 1.35. The van der Waals surface area contributed by atoms with Crippen molar-refractivity contribution >= 4 is 40.6 Å². The highest BCUT2D eigenvalue weighted by molar-refractivity contribution is 7.81. The van der Waals surface area contributed by atoms with Gasteiger partial charge in [-0.1, -0.05) is 24.3 Å². The van der Waals surface area contributed by atoms with E-state index in [0.717, 1.165) is 5.56 Å². The maximum absolute atomic E-state index is 12.3. The molecule has 0 spiro atoms. The molecule has 0 saturated carbocycles. The lowest BCUT2D eigenvalue weighted by Gasteiger charge is -2.35. The number of amides is 2. The standard InChI is InChI=1S/C16H13N3O2S/c1-11-6-2-3-7-12(11)18-14(20)10-15(21)19(16(18)22)13-8-4-5-9-17-13/h2-9H,10H2,1H3. The fourth-order valence-corrected chi connectivity index (χ4v) is 2.76. The van der Waals surface area contributed by atoms with Crippen LogP contribution in [0.1, 0.15) is 12.0 Å². The van der Waals surface area contributed by atoms with Gasteiger partial charge in [-0.2, -0.15) is 0 Å². The van der Waals surface area contributed by atoms with Crippen molar-refractivity contribution in [3.8, 4) is 0 Å². The number of anilines is 2. The molecule has 1 aromatic carbocycles. The summed E-state index contributed by atoms with van der Waals surface area (Å²) in [5.74, 6) is -0.265. The topological polar surface area (TPSA) is 53.5 Å². The molecule has 2 heterocycles. The zero-order valence-corrected chi connectivity index (χ0v) is 12.7. The van der Waals surface area contributed by atoms with Crippen LogP contribution in [-0.2, 0) is 9.59 Å². The average Bonchev–Trinajstić information content (AvgIpc) is 2.50. The van der Waals surface area contributed by atoms with Crippen molar-refractivity contribution in [1.82, 2.24) is 4.98 Å². The molecule has 0 aliphatic carbocycles. The third-order valence-electron chi connectivity index (χ3n) is 3.42. The highest BCUT2D eigenvalue weighted by Crippen LogP contribution is 2.27. The lowest BCUT2D eigenvalue weighted by Crippen LogP contribution is -2.55. The number of aromatic nitrogens is 1. The Bertz CT molecular complexity index is 761. The smallest absolute Gasteiger partial charge is 0.244 e. The van der Waals surface area contributed by atoms with Crippen LogP contribution in [0.4, 0.5) is 11.5 Å². The van der Waals surface area contributed by atoms with Gasteiger partial charge in [0.1, 0.15) is 12.2 Å². The summed E-state index contributed by atoms with van der Waals surface area (Å²) in [5, 5.41) is 0.134. The molecule has 1 aliphatic heterocycles. The van der Waals surface area contributed by atoms with Gasteiger partial charge in [-0.15, -0.1) is 0 Å². The van der Waals surface area contributed by atoms with Crippen molar-refractivity contribution in [2.45, 2.75) is 13.3 Å². The van der Waals surface area contributed by atoms with E-state index in [1.165, 1.54) is 9.80 Å². The molecule has 0 radical (unpaired) electrons. The Kier molecular flexibility index (Phi) is 3.68. The minimum Gasteiger partial charge on any atom is -0.273 e. The van der Waals surface area contributed by atoms with E-state index >= 15 is 0 Å². The molecule has 110 valence electrons. The molecule has 1 aromatic heterocycles. The summed E-state index contributed by atoms with van der Waals surface area (Å²) in [6.45, 7) is 1.90. The molecule has 3 rings (SSSR count). The van der Waals surface area contributed by atoms with Gasteiger partial charge in [-0.05, 0) is 42.9 Å². The Morgan fingerprint density at radius 1 is 1.00 bits per heavy atom. The van der Waals surface area contributed by atoms with E-state index < -0.39 is 0 Å². The largest absolute Gasteiger partial charge is 0.273 e. The average molecular weight is 311 g/mol. The normalized spacial score (nSPS) is 15.4. The van der Waals surface area contributed by atoms with E-state index in [4.69, 9.17) is 12.2 Å².